The Hall–Kier alpha value is -1.35. The number of rotatable bonds is 6. The van der Waals surface area contributed by atoms with Gasteiger partial charge in [-0.1, -0.05) is 32.0 Å². The summed E-state index contributed by atoms with van der Waals surface area (Å²) in [5, 5.41) is 0. The quantitative estimate of drug-likeness (QED) is 0.819. The van der Waals surface area contributed by atoms with E-state index in [1.165, 1.54) is 0 Å². The van der Waals surface area contributed by atoms with Crippen LogP contribution in [0.5, 0.6) is 0 Å². The Bertz CT molecular complexity index is 335. The lowest BCUT2D eigenvalue weighted by Crippen LogP contribution is -2.35. The number of nitrogens with zero attached hydrogens (tertiary/aromatic N) is 1. The van der Waals surface area contributed by atoms with Crippen molar-refractivity contribution in [2.45, 2.75) is 20.3 Å². The van der Waals surface area contributed by atoms with Crippen molar-refractivity contribution >= 4 is 5.91 Å². The molecule has 3 heteroatoms. The summed E-state index contributed by atoms with van der Waals surface area (Å²) < 4.78 is 0. The summed E-state index contributed by atoms with van der Waals surface area (Å²) in [6.07, 6.45) is 0.852. The fraction of sp³-hybridized carbons (Fsp3) is 0.500. The second-order valence-electron chi connectivity index (χ2n) is 4.65. The molecule has 0 aliphatic carbocycles. The van der Waals surface area contributed by atoms with Crippen LogP contribution in [0.3, 0.4) is 0 Å². The van der Waals surface area contributed by atoms with Crippen molar-refractivity contribution in [2.75, 3.05) is 19.6 Å². The van der Waals surface area contributed by atoms with Crippen molar-refractivity contribution in [3.8, 4) is 0 Å². The van der Waals surface area contributed by atoms with Crippen molar-refractivity contribution in [3.63, 3.8) is 0 Å². The molecule has 0 atom stereocenters. The normalized spacial score (nSPS) is 10.6. The molecule has 0 saturated carbocycles. The topological polar surface area (TPSA) is 46.3 Å². The Kier molecular flexibility index (Phi) is 5.70. The first kappa shape index (κ1) is 13.7. The summed E-state index contributed by atoms with van der Waals surface area (Å²) >= 11 is 0. The molecule has 0 radical (unpaired) electrons. The van der Waals surface area contributed by atoms with E-state index in [4.69, 9.17) is 5.73 Å². The largest absolute Gasteiger partial charge is 0.338 e. The fourth-order valence-electron chi connectivity index (χ4n) is 1.76. The molecule has 0 bridgehead atoms. The zero-order chi connectivity index (χ0) is 12.7. The first-order chi connectivity index (χ1) is 8.15. The number of benzene rings is 1. The SMILES string of the molecule is CC(C)CN(CCCN)C(=O)c1ccccc1. The van der Waals surface area contributed by atoms with Crippen LogP contribution in [0.2, 0.25) is 0 Å². The monoisotopic (exact) mass is 234 g/mol. The molecule has 0 aliphatic rings. The van der Waals surface area contributed by atoms with Crippen molar-refractivity contribution in [1.29, 1.82) is 0 Å². The van der Waals surface area contributed by atoms with E-state index in [9.17, 15) is 4.79 Å². The maximum absolute atomic E-state index is 12.3. The second-order valence-corrected chi connectivity index (χ2v) is 4.65. The first-order valence-electron chi connectivity index (χ1n) is 6.19. The minimum atomic E-state index is 0.104. The number of hydrogen-bond acceptors (Lipinski definition) is 2. The zero-order valence-corrected chi connectivity index (χ0v) is 10.7. The van der Waals surface area contributed by atoms with Crippen LogP contribution in [-0.2, 0) is 0 Å². The molecule has 1 aromatic carbocycles. The van der Waals surface area contributed by atoms with Crippen LogP contribution < -0.4 is 5.73 Å². The van der Waals surface area contributed by atoms with E-state index in [-0.39, 0.29) is 5.91 Å². The summed E-state index contributed by atoms with van der Waals surface area (Å²) in [6.45, 7) is 6.38. The zero-order valence-electron chi connectivity index (χ0n) is 10.7. The average molecular weight is 234 g/mol. The van der Waals surface area contributed by atoms with Gasteiger partial charge in [-0.05, 0) is 31.0 Å². The van der Waals surface area contributed by atoms with Gasteiger partial charge >= 0.3 is 0 Å². The number of amides is 1. The molecule has 3 nitrogen and oxygen atoms in total. The highest BCUT2D eigenvalue weighted by Gasteiger charge is 2.15. The van der Waals surface area contributed by atoms with Gasteiger partial charge in [-0.25, -0.2) is 0 Å². The van der Waals surface area contributed by atoms with Gasteiger partial charge in [0.25, 0.3) is 5.91 Å². The molecule has 0 aliphatic heterocycles. The molecular weight excluding hydrogens is 212 g/mol. The smallest absolute Gasteiger partial charge is 0.253 e. The van der Waals surface area contributed by atoms with E-state index in [1.807, 2.05) is 35.2 Å². The van der Waals surface area contributed by atoms with Crippen molar-refractivity contribution in [2.24, 2.45) is 11.7 Å². The highest BCUT2D eigenvalue weighted by Crippen LogP contribution is 2.08. The molecule has 17 heavy (non-hydrogen) atoms. The third kappa shape index (κ3) is 4.57. The molecular formula is C14H22N2O. The van der Waals surface area contributed by atoms with E-state index in [0.29, 0.717) is 12.5 Å². The summed E-state index contributed by atoms with van der Waals surface area (Å²) in [6, 6.07) is 9.42. The van der Waals surface area contributed by atoms with Gasteiger partial charge in [0, 0.05) is 18.7 Å². The van der Waals surface area contributed by atoms with E-state index in [2.05, 4.69) is 13.8 Å². The van der Waals surface area contributed by atoms with Crippen LogP contribution in [0.15, 0.2) is 30.3 Å². The summed E-state index contributed by atoms with van der Waals surface area (Å²) in [7, 11) is 0. The molecule has 2 N–H and O–H groups in total. The predicted octanol–water partition coefficient (Wildman–Crippen LogP) is 2.13. The molecule has 0 unspecified atom stereocenters. The minimum Gasteiger partial charge on any atom is -0.338 e. The van der Waals surface area contributed by atoms with E-state index >= 15 is 0 Å². The minimum absolute atomic E-state index is 0.104. The lowest BCUT2D eigenvalue weighted by molar-refractivity contribution is 0.0735. The van der Waals surface area contributed by atoms with Crippen LogP contribution >= 0.6 is 0 Å². The second kappa shape index (κ2) is 7.07. The van der Waals surface area contributed by atoms with E-state index < -0.39 is 0 Å². The van der Waals surface area contributed by atoms with Gasteiger partial charge in [0.05, 0.1) is 0 Å². The van der Waals surface area contributed by atoms with Gasteiger partial charge in [-0.2, -0.15) is 0 Å². The maximum atomic E-state index is 12.3. The number of nitrogens with two attached hydrogens (primary N) is 1. The van der Waals surface area contributed by atoms with Gasteiger partial charge in [0.1, 0.15) is 0 Å². The highest BCUT2D eigenvalue weighted by molar-refractivity contribution is 5.94. The Morgan fingerprint density at radius 3 is 2.47 bits per heavy atom. The predicted molar refractivity (Wildman–Crippen MR) is 70.9 cm³/mol. The number of carbonyl (C=O) groups is 1. The molecule has 1 aromatic rings. The summed E-state index contributed by atoms with van der Waals surface area (Å²) in [4.78, 5) is 14.2. The third-order valence-electron chi connectivity index (χ3n) is 2.53. The molecule has 94 valence electrons. The van der Waals surface area contributed by atoms with Crippen LogP contribution in [-0.4, -0.2) is 30.4 Å². The Balaban J connectivity index is 2.71. The van der Waals surface area contributed by atoms with Crippen LogP contribution in [0.1, 0.15) is 30.6 Å². The van der Waals surface area contributed by atoms with Crippen LogP contribution in [0, 0.1) is 5.92 Å². The highest BCUT2D eigenvalue weighted by atomic mass is 16.2. The Morgan fingerprint density at radius 1 is 1.29 bits per heavy atom. The molecule has 0 heterocycles. The third-order valence-corrected chi connectivity index (χ3v) is 2.53. The standard InChI is InChI=1S/C14H22N2O/c1-12(2)11-16(10-6-9-15)14(17)13-7-4-3-5-8-13/h3-5,7-8,12H,6,9-11,15H2,1-2H3. The van der Waals surface area contributed by atoms with E-state index in [1.54, 1.807) is 0 Å². The molecule has 0 aromatic heterocycles. The molecule has 1 rings (SSSR count). The first-order valence-corrected chi connectivity index (χ1v) is 6.19. The molecule has 0 fully saturated rings. The Labute approximate surface area is 104 Å². The van der Waals surface area contributed by atoms with Gasteiger partial charge < -0.3 is 10.6 Å². The van der Waals surface area contributed by atoms with Crippen LogP contribution in [0.25, 0.3) is 0 Å². The number of carbonyl (C=O) groups excluding carboxylic acids is 1. The lowest BCUT2D eigenvalue weighted by atomic mass is 10.1. The average Bonchev–Trinajstić information content (AvgIpc) is 2.34. The van der Waals surface area contributed by atoms with E-state index in [0.717, 1.165) is 25.1 Å². The molecule has 0 spiro atoms. The lowest BCUT2D eigenvalue weighted by Gasteiger charge is -2.24. The van der Waals surface area contributed by atoms with Gasteiger partial charge in [-0.15, -0.1) is 0 Å². The van der Waals surface area contributed by atoms with Gasteiger partial charge in [0.2, 0.25) is 0 Å². The van der Waals surface area contributed by atoms with Crippen molar-refractivity contribution < 1.29 is 4.79 Å². The van der Waals surface area contributed by atoms with Crippen molar-refractivity contribution in [3.05, 3.63) is 35.9 Å². The summed E-state index contributed by atoms with van der Waals surface area (Å²) in [5.74, 6) is 0.577. The molecule has 1 amide bonds. The van der Waals surface area contributed by atoms with Gasteiger partial charge in [0.15, 0.2) is 0 Å². The Morgan fingerprint density at radius 2 is 1.94 bits per heavy atom. The van der Waals surface area contributed by atoms with Crippen molar-refractivity contribution in [1.82, 2.24) is 4.90 Å². The number of hydrogen-bond donors (Lipinski definition) is 1. The van der Waals surface area contributed by atoms with Crippen LogP contribution in [0.4, 0.5) is 0 Å². The summed E-state index contributed by atoms with van der Waals surface area (Å²) in [5.41, 5.74) is 6.26. The fourth-order valence-corrected chi connectivity index (χ4v) is 1.76. The van der Waals surface area contributed by atoms with Gasteiger partial charge in [-0.3, -0.25) is 4.79 Å². The maximum Gasteiger partial charge on any atom is 0.253 e. The molecule has 0 saturated heterocycles.